The predicted molar refractivity (Wildman–Crippen MR) is 126 cm³/mol. The number of carbonyl (C=O) groups excluding carboxylic acids is 1. The Hall–Kier alpha value is -3.39. The van der Waals surface area contributed by atoms with Gasteiger partial charge in [0.15, 0.2) is 5.11 Å². The summed E-state index contributed by atoms with van der Waals surface area (Å²) in [5, 5.41) is 4.02. The predicted octanol–water partition coefficient (Wildman–Crippen LogP) is 3.72. The minimum Gasteiger partial charge on any atom is -0.497 e. The van der Waals surface area contributed by atoms with E-state index in [4.69, 9.17) is 21.7 Å². The Kier molecular flexibility index (Phi) is 6.41. The highest BCUT2D eigenvalue weighted by atomic mass is 32.1. The molecule has 4 rings (SSSR count). The number of thiocarbonyl (C=S) groups is 1. The van der Waals surface area contributed by atoms with Crippen molar-refractivity contribution in [1.82, 2.24) is 19.8 Å². The lowest BCUT2D eigenvalue weighted by Crippen LogP contribution is -2.32. The zero-order valence-corrected chi connectivity index (χ0v) is 19.1. The van der Waals surface area contributed by atoms with Gasteiger partial charge in [0.1, 0.15) is 5.75 Å². The molecule has 3 aromatic rings. The number of aromatic nitrogens is 2. The maximum Gasteiger partial charge on any atom is 0.307 e. The van der Waals surface area contributed by atoms with Gasteiger partial charge in [0.25, 0.3) is 0 Å². The molecular weight excluding hydrogens is 424 g/mol. The molecule has 7 nitrogen and oxygen atoms in total. The molecule has 2 unspecified atom stereocenters. The van der Waals surface area contributed by atoms with Crippen LogP contribution in [-0.4, -0.2) is 46.3 Å². The quantitative estimate of drug-likeness (QED) is 0.435. The maximum atomic E-state index is 11.9. The first kappa shape index (κ1) is 21.8. The Labute approximate surface area is 193 Å². The van der Waals surface area contributed by atoms with Gasteiger partial charge < -0.3 is 24.3 Å². The van der Waals surface area contributed by atoms with Crippen LogP contribution in [0.4, 0.5) is 0 Å². The summed E-state index contributed by atoms with van der Waals surface area (Å²) in [6.07, 6.45) is 2.02. The first-order chi connectivity index (χ1) is 15.5. The molecule has 8 heteroatoms. The van der Waals surface area contributed by atoms with Gasteiger partial charge in [-0.25, -0.2) is 0 Å². The Morgan fingerprint density at radius 2 is 1.91 bits per heavy atom. The average Bonchev–Trinajstić information content (AvgIpc) is 3.37. The van der Waals surface area contributed by atoms with Crippen molar-refractivity contribution in [3.05, 3.63) is 77.9 Å². The summed E-state index contributed by atoms with van der Waals surface area (Å²) < 4.78 is 12.4. The van der Waals surface area contributed by atoms with Crippen molar-refractivity contribution in [3.8, 4) is 11.4 Å². The molecule has 1 fully saturated rings. The third-order valence-electron chi connectivity index (χ3n) is 5.72. The fraction of sp³-hybridized carbons (Fsp3) is 0.292. The van der Waals surface area contributed by atoms with E-state index in [1.807, 2.05) is 42.5 Å². The van der Waals surface area contributed by atoms with Crippen LogP contribution in [0.5, 0.6) is 5.75 Å². The van der Waals surface area contributed by atoms with Crippen LogP contribution in [0.3, 0.4) is 0 Å². The van der Waals surface area contributed by atoms with Gasteiger partial charge >= 0.3 is 5.97 Å². The molecule has 2 aromatic heterocycles. The topological polar surface area (TPSA) is 68.6 Å². The smallest absolute Gasteiger partial charge is 0.307 e. The molecular formula is C24H26N4O3S. The summed E-state index contributed by atoms with van der Waals surface area (Å²) in [6.45, 7) is 2.52. The number of nitrogens with zero attached hydrogens (tertiary/aromatic N) is 3. The van der Waals surface area contributed by atoms with E-state index in [2.05, 4.69) is 38.8 Å². The summed E-state index contributed by atoms with van der Waals surface area (Å²) in [7, 11) is 3.05. The Balaban J connectivity index is 1.79. The number of rotatable bonds is 7. The number of nitrogens with one attached hydrogen (secondary N) is 1. The normalized spacial score (nSPS) is 17.8. The lowest BCUT2D eigenvalue weighted by molar-refractivity contribution is -0.140. The molecule has 1 aromatic carbocycles. The summed E-state index contributed by atoms with van der Waals surface area (Å²) in [6, 6.07) is 17.7. The Morgan fingerprint density at radius 3 is 2.56 bits per heavy atom. The van der Waals surface area contributed by atoms with Gasteiger partial charge in [-0.2, -0.15) is 0 Å². The van der Waals surface area contributed by atoms with Crippen LogP contribution >= 0.6 is 12.2 Å². The number of aryl methyl sites for hydroxylation is 1. The first-order valence-electron chi connectivity index (χ1n) is 10.4. The number of pyridine rings is 1. The van der Waals surface area contributed by atoms with Crippen LogP contribution in [0, 0.1) is 6.92 Å². The summed E-state index contributed by atoms with van der Waals surface area (Å²) >= 11 is 5.69. The van der Waals surface area contributed by atoms with Crippen LogP contribution in [0.15, 0.2) is 60.8 Å². The van der Waals surface area contributed by atoms with Gasteiger partial charge in [-0.15, -0.1) is 0 Å². The third kappa shape index (κ3) is 4.18. The summed E-state index contributed by atoms with van der Waals surface area (Å²) in [5.41, 5.74) is 4.06. The van der Waals surface area contributed by atoms with Crippen molar-refractivity contribution in [3.63, 3.8) is 0 Å². The van der Waals surface area contributed by atoms with Gasteiger partial charge in [0.05, 0.1) is 38.4 Å². The zero-order valence-electron chi connectivity index (χ0n) is 18.3. The zero-order chi connectivity index (χ0) is 22.7. The summed E-state index contributed by atoms with van der Waals surface area (Å²) in [4.78, 5) is 18.5. The highest BCUT2D eigenvalue weighted by Crippen LogP contribution is 2.40. The van der Waals surface area contributed by atoms with E-state index in [0.717, 1.165) is 28.5 Å². The maximum absolute atomic E-state index is 11.9. The van der Waals surface area contributed by atoms with E-state index >= 15 is 0 Å². The second-order valence-corrected chi connectivity index (χ2v) is 7.97. The van der Waals surface area contributed by atoms with Gasteiger partial charge in [-0.1, -0.05) is 6.07 Å². The van der Waals surface area contributed by atoms with E-state index in [9.17, 15) is 4.79 Å². The molecule has 2 atom stereocenters. The Bertz CT molecular complexity index is 1100. The van der Waals surface area contributed by atoms with Crippen LogP contribution in [0.25, 0.3) is 5.69 Å². The summed E-state index contributed by atoms with van der Waals surface area (Å²) in [5.74, 6) is 0.532. The van der Waals surface area contributed by atoms with Crippen LogP contribution in [0.2, 0.25) is 0 Å². The molecule has 1 saturated heterocycles. The standard InChI is InChI=1S/C24H26N4O3S/c1-16-7-12-20(28(16)17-8-10-18(30-2)11-9-17)23-22(19-6-4-5-14-25-19)26-24(32)27(23)15-13-21(29)31-3/h4-12,14,22-23H,13,15H2,1-3H3,(H,26,32). The van der Waals surface area contributed by atoms with Crippen LogP contribution in [0.1, 0.15) is 35.6 Å². The highest BCUT2D eigenvalue weighted by molar-refractivity contribution is 7.80. The molecule has 0 amide bonds. The molecule has 166 valence electrons. The number of methoxy groups -OCH3 is 2. The molecule has 0 spiro atoms. The average molecular weight is 451 g/mol. The SMILES string of the molecule is COC(=O)CCN1C(=S)NC(c2ccccn2)C1c1ccc(C)n1-c1ccc(OC)cc1. The van der Waals surface area contributed by atoms with E-state index < -0.39 is 0 Å². The first-order valence-corrected chi connectivity index (χ1v) is 10.8. The number of hydrogen-bond donors (Lipinski definition) is 1. The van der Waals surface area contributed by atoms with Gasteiger partial charge in [-0.3, -0.25) is 9.78 Å². The van der Waals surface area contributed by atoms with Crippen molar-refractivity contribution in [2.75, 3.05) is 20.8 Å². The minimum absolute atomic E-state index is 0.155. The number of carbonyl (C=O) groups is 1. The lowest BCUT2D eigenvalue weighted by Gasteiger charge is -2.29. The largest absolute Gasteiger partial charge is 0.497 e. The lowest BCUT2D eigenvalue weighted by atomic mass is 10.0. The molecule has 0 aliphatic carbocycles. The van der Waals surface area contributed by atoms with Crippen LogP contribution < -0.4 is 10.1 Å². The second kappa shape index (κ2) is 9.40. The number of benzene rings is 1. The van der Waals surface area contributed by atoms with Crippen molar-refractivity contribution in [2.45, 2.75) is 25.4 Å². The monoisotopic (exact) mass is 450 g/mol. The van der Waals surface area contributed by atoms with Gasteiger partial charge in [0, 0.05) is 29.8 Å². The van der Waals surface area contributed by atoms with Gasteiger partial charge in [0.2, 0.25) is 0 Å². The van der Waals surface area contributed by atoms with E-state index in [1.165, 1.54) is 7.11 Å². The van der Waals surface area contributed by atoms with E-state index in [-0.39, 0.29) is 24.5 Å². The fourth-order valence-corrected chi connectivity index (χ4v) is 4.49. The molecule has 1 aliphatic rings. The number of ether oxygens (including phenoxy) is 2. The Morgan fingerprint density at radius 1 is 1.12 bits per heavy atom. The minimum atomic E-state index is -0.269. The molecule has 0 bridgehead atoms. The molecule has 32 heavy (non-hydrogen) atoms. The van der Waals surface area contributed by atoms with Crippen molar-refractivity contribution < 1.29 is 14.3 Å². The molecule has 1 N–H and O–H groups in total. The highest BCUT2D eigenvalue weighted by Gasteiger charge is 2.41. The second-order valence-electron chi connectivity index (χ2n) is 7.58. The molecule has 0 radical (unpaired) electrons. The van der Waals surface area contributed by atoms with Gasteiger partial charge in [-0.05, 0) is 67.7 Å². The van der Waals surface area contributed by atoms with Crippen molar-refractivity contribution >= 4 is 23.3 Å². The number of esters is 1. The van der Waals surface area contributed by atoms with Crippen LogP contribution in [-0.2, 0) is 9.53 Å². The van der Waals surface area contributed by atoms with Crippen molar-refractivity contribution in [1.29, 1.82) is 0 Å². The third-order valence-corrected chi connectivity index (χ3v) is 6.07. The van der Waals surface area contributed by atoms with Crippen molar-refractivity contribution in [2.24, 2.45) is 0 Å². The molecule has 1 aliphatic heterocycles. The molecule has 3 heterocycles. The number of hydrogen-bond acceptors (Lipinski definition) is 5. The van der Waals surface area contributed by atoms with E-state index in [0.29, 0.717) is 11.7 Å². The fourth-order valence-electron chi connectivity index (χ4n) is 4.16. The molecule has 0 saturated carbocycles. The van der Waals surface area contributed by atoms with E-state index in [1.54, 1.807) is 13.3 Å².